The first-order valence-electron chi connectivity index (χ1n) is 9.67. The summed E-state index contributed by atoms with van der Waals surface area (Å²) >= 11 is 0. The number of fused-ring (bicyclic) bond motifs is 3. The third kappa shape index (κ3) is 3.07. The lowest BCUT2D eigenvalue weighted by Crippen LogP contribution is -2.59. The molecule has 0 bridgehead atoms. The Morgan fingerprint density at radius 2 is 1.69 bits per heavy atom. The van der Waals surface area contributed by atoms with Crippen molar-refractivity contribution in [3.05, 3.63) is 29.8 Å². The number of rotatable bonds is 2. The number of hydrogen-bond donors (Lipinski definition) is 0. The predicted octanol–water partition coefficient (Wildman–Crippen LogP) is 0.813. The van der Waals surface area contributed by atoms with E-state index in [-0.39, 0.29) is 17.9 Å². The molecule has 2 unspecified atom stereocenters. The van der Waals surface area contributed by atoms with E-state index in [9.17, 15) is 9.59 Å². The molecule has 4 rings (SSSR count). The van der Waals surface area contributed by atoms with E-state index < -0.39 is 0 Å². The Morgan fingerprint density at radius 1 is 1.00 bits per heavy atom. The predicted molar refractivity (Wildman–Crippen MR) is 101 cm³/mol. The molecule has 2 saturated heterocycles. The van der Waals surface area contributed by atoms with Gasteiger partial charge in [0.25, 0.3) is 0 Å². The van der Waals surface area contributed by atoms with Gasteiger partial charge < -0.3 is 14.7 Å². The second-order valence-electron chi connectivity index (χ2n) is 7.68. The van der Waals surface area contributed by atoms with E-state index in [0.717, 1.165) is 52.2 Å². The molecule has 0 spiro atoms. The van der Waals surface area contributed by atoms with E-state index in [0.29, 0.717) is 6.04 Å². The van der Waals surface area contributed by atoms with Crippen LogP contribution < -0.4 is 4.90 Å². The molecule has 6 heteroatoms. The van der Waals surface area contributed by atoms with Gasteiger partial charge in [-0.25, -0.2) is 0 Å². The van der Waals surface area contributed by atoms with E-state index in [1.165, 1.54) is 11.3 Å². The minimum Gasteiger partial charge on any atom is -0.364 e. The number of piperazine rings is 2. The molecule has 0 aliphatic carbocycles. The van der Waals surface area contributed by atoms with Crippen molar-refractivity contribution in [3.63, 3.8) is 0 Å². The SMILES string of the molecule is CC(=O)N1CCN(C(C)C(=O)N2CCN3c4ccccc4CC3C2)CC1. The Labute approximate surface area is 155 Å². The zero-order valence-corrected chi connectivity index (χ0v) is 15.7. The van der Waals surface area contributed by atoms with Crippen molar-refractivity contribution in [1.82, 2.24) is 14.7 Å². The van der Waals surface area contributed by atoms with Gasteiger partial charge in [0.15, 0.2) is 0 Å². The number of amides is 2. The number of benzene rings is 1. The Hall–Kier alpha value is -2.08. The standard InChI is InChI=1S/C20H28N4O2/c1-15(21-7-9-22(10-8-21)16(2)25)20(26)23-11-12-24-18(14-23)13-17-5-3-4-6-19(17)24/h3-6,15,18H,7-14H2,1-2H3. The minimum atomic E-state index is -0.112. The van der Waals surface area contributed by atoms with Crippen LogP contribution in [0.1, 0.15) is 19.4 Å². The van der Waals surface area contributed by atoms with Gasteiger partial charge in [0.1, 0.15) is 0 Å². The van der Waals surface area contributed by atoms with Crippen LogP contribution in [0.3, 0.4) is 0 Å². The van der Waals surface area contributed by atoms with Gasteiger partial charge in [0.2, 0.25) is 11.8 Å². The maximum absolute atomic E-state index is 13.1. The quantitative estimate of drug-likeness (QED) is 0.787. The van der Waals surface area contributed by atoms with Gasteiger partial charge in [-0.1, -0.05) is 18.2 Å². The highest BCUT2D eigenvalue weighted by atomic mass is 16.2. The number of anilines is 1. The summed E-state index contributed by atoms with van der Waals surface area (Å²) in [5.74, 6) is 0.359. The lowest BCUT2D eigenvalue weighted by molar-refractivity contribution is -0.139. The third-order valence-corrected chi connectivity index (χ3v) is 6.22. The van der Waals surface area contributed by atoms with Crippen molar-refractivity contribution in [3.8, 4) is 0 Å². The van der Waals surface area contributed by atoms with Gasteiger partial charge in [0, 0.05) is 58.4 Å². The van der Waals surface area contributed by atoms with E-state index in [2.05, 4.69) is 39.0 Å². The molecule has 2 atom stereocenters. The third-order valence-electron chi connectivity index (χ3n) is 6.22. The van der Waals surface area contributed by atoms with Crippen molar-refractivity contribution < 1.29 is 9.59 Å². The number of nitrogens with zero attached hydrogens (tertiary/aromatic N) is 4. The molecule has 26 heavy (non-hydrogen) atoms. The molecule has 1 aromatic rings. The molecule has 0 aromatic heterocycles. The maximum Gasteiger partial charge on any atom is 0.239 e. The highest BCUT2D eigenvalue weighted by molar-refractivity contribution is 5.82. The molecule has 6 nitrogen and oxygen atoms in total. The van der Waals surface area contributed by atoms with Crippen molar-refractivity contribution in [2.45, 2.75) is 32.4 Å². The summed E-state index contributed by atoms with van der Waals surface area (Å²) in [7, 11) is 0. The van der Waals surface area contributed by atoms with Crippen LogP contribution in [0.15, 0.2) is 24.3 Å². The normalized spacial score (nSPS) is 24.2. The maximum atomic E-state index is 13.1. The van der Waals surface area contributed by atoms with Gasteiger partial charge >= 0.3 is 0 Å². The van der Waals surface area contributed by atoms with Gasteiger partial charge in [0.05, 0.1) is 12.1 Å². The average molecular weight is 356 g/mol. The summed E-state index contributed by atoms with van der Waals surface area (Å²) in [6.07, 6.45) is 1.03. The Morgan fingerprint density at radius 3 is 2.42 bits per heavy atom. The van der Waals surface area contributed by atoms with Gasteiger partial charge in [-0.2, -0.15) is 0 Å². The fraction of sp³-hybridized carbons (Fsp3) is 0.600. The Balaban J connectivity index is 1.36. The fourth-order valence-electron chi connectivity index (χ4n) is 4.61. The highest BCUT2D eigenvalue weighted by Crippen LogP contribution is 2.34. The molecule has 0 saturated carbocycles. The number of carbonyl (C=O) groups is 2. The van der Waals surface area contributed by atoms with E-state index in [1.807, 2.05) is 11.8 Å². The molecule has 2 fully saturated rings. The largest absolute Gasteiger partial charge is 0.364 e. The molecular weight excluding hydrogens is 328 g/mol. The first-order valence-corrected chi connectivity index (χ1v) is 9.67. The van der Waals surface area contributed by atoms with E-state index >= 15 is 0 Å². The van der Waals surface area contributed by atoms with Crippen LogP contribution in [-0.2, 0) is 16.0 Å². The first kappa shape index (κ1) is 17.3. The Bertz CT molecular complexity index is 699. The topological polar surface area (TPSA) is 47.1 Å². The van der Waals surface area contributed by atoms with Crippen LogP contribution in [0, 0.1) is 0 Å². The molecule has 0 radical (unpaired) electrons. The number of hydrogen-bond acceptors (Lipinski definition) is 4. The van der Waals surface area contributed by atoms with E-state index in [4.69, 9.17) is 0 Å². The van der Waals surface area contributed by atoms with Crippen LogP contribution in [0.4, 0.5) is 5.69 Å². The zero-order chi connectivity index (χ0) is 18.3. The summed E-state index contributed by atoms with van der Waals surface area (Å²) in [6, 6.07) is 8.90. The van der Waals surface area contributed by atoms with Crippen LogP contribution >= 0.6 is 0 Å². The van der Waals surface area contributed by atoms with Crippen LogP contribution in [0.2, 0.25) is 0 Å². The van der Waals surface area contributed by atoms with Crippen molar-refractivity contribution in [2.24, 2.45) is 0 Å². The summed E-state index contributed by atoms with van der Waals surface area (Å²) in [6.45, 7) is 9.15. The second kappa shape index (κ2) is 6.91. The van der Waals surface area contributed by atoms with Crippen LogP contribution in [0.5, 0.6) is 0 Å². The molecular formula is C20H28N4O2. The highest BCUT2D eigenvalue weighted by Gasteiger charge is 2.37. The average Bonchev–Trinajstić information content (AvgIpc) is 3.04. The number of para-hydroxylation sites is 1. The van der Waals surface area contributed by atoms with Gasteiger partial charge in [-0.05, 0) is 25.0 Å². The van der Waals surface area contributed by atoms with Crippen LogP contribution in [0.25, 0.3) is 0 Å². The summed E-state index contributed by atoms with van der Waals surface area (Å²) < 4.78 is 0. The van der Waals surface area contributed by atoms with Crippen molar-refractivity contribution >= 4 is 17.5 Å². The molecule has 3 aliphatic rings. The van der Waals surface area contributed by atoms with Gasteiger partial charge in [-0.3, -0.25) is 14.5 Å². The van der Waals surface area contributed by atoms with E-state index in [1.54, 1.807) is 6.92 Å². The monoisotopic (exact) mass is 356 g/mol. The Kier molecular flexibility index (Phi) is 4.61. The smallest absolute Gasteiger partial charge is 0.239 e. The lowest BCUT2D eigenvalue weighted by atomic mass is 10.1. The first-order chi connectivity index (χ1) is 12.5. The molecule has 3 heterocycles. The molecule has 3 aliphatic heterocycles. The zero-order valence-electron chi connectivity index (χ0n) is 15.7. The summed E-state index contributed by atoms with van der Waals surface area (Å²) in [5.41, 5.74) is 2.75. The summed E-state index contributed by atoms with van der Waals surface area (Å²) in [5, 5.41) is 0. The van der Waals surface area contributed by atoms with Gasteiger partial charge in [-0.15, -0.1) is 0 Å². The van der Waals surface area contributed by atoms with Crippen molar-refractivity contribution in [2.75, 3.05) is 50.7 Å². The van der Waals surface area contributed by atoms with Crippen LogP contribution in [-0.4, -0.2) is 84.4 Å². The lowest BCUT2D eigenvalue weighted by Gasteiger charge is -2.42. The van der Waals surface area contributed by atoms with Crippen molar-refractivity contribution in [1.29, 1.82) is 0 Å². The minimum absolute atomic E-state index is 0.112. The molecule has 0 N–H and O–H groups in total. The molecule has 1 aromatic carbocycles. The molecule has 140 valence electrons. The molecule has 2 amide bonds. The summed E-state index contributed by atoms with van der Waals surface area (Å²) in [4.78, 5) is 33.1. The second-order valence-corrected chi connectivity index (χ2v) is 7.68. The number of carbonyl (C=O) groups excluding carboxylic acids is 2. The fourth-order valence-corrected chi connectivity index (χ4v) is 4.61.